The number of carbonyl (C=O) groups excluding carboxylic acids is 6. The third-order valence-electron chi connectivity index (χ3n) is 18.1. The smallest absolute Gasteiger partial charge is 0.407 e. The number of carboxylic acid groups (broad SMARTS) is 1. The summed E-state index contributed by atoms with van der Waals surface area (Å²) in [5.74, 6) is -0.483. The number of thioether (sulfide) groups is 1. The first-order valence-corrected chi connectivity index (χ1v) is 43.8. The zero-order valence-electron chi connectivity index (χ0n) is 73.0. The zero-order chi connectivity index (χ0) is 94.0. The van der Waals surface area contributed by atoms with Crippen LogP contribution in [-0.4, -0.2) is 143 Å². The van der Waals surface area contributed by atoms with Gasteiger partial charge in [-0.3, -0.25) is 34.9 Å². The predicted octanol–water partition coefficient (Wildman–Crippen LogP) is 15.1. The summed E-state index contributed by atoms with van der Waals surface area (Å²) in [6.45, 7) is 3.87. The minimum absolute atomic E-state index is 0. The van der Waals surface area contributed by atoms with Crippen molar-refractivity contribution in [3.63, 3.8) is 0 Å². The van der Waals surface area contributed by atoms with E-state index in [4.69, 9.17) is 96.5 Å². The van der Waals surface area contributed by atoms with Crippen molar-refractivity contribution in [3.8, 4) is 23.0 Å². The maximum Gasteiger partial charge on any atom is 0.407 e. The molecule has 0 bridgehead atoms. The molecule has 21 N–H and O–H groups in total. The van der Waals surface area contributed by atoms with Gasteiger partial charge >= 0.3 is 18.2 Å². The van der Waals surface area contributed by atoms with Gasteiger partial charge in [-0.15, -0.1) is 24.0 Å². The summed E-state index contributed by atoms with van der Waals surface area (Å²) in [7, 11) is 0. The number of halogens is 3. The number of nitrogen functional groups attached to an aromatic ring is 4. The van der Waals surface area contributed by atoms with Crippen molar-refractivity contribution in [3.05, 3.63) is 304 Å². The second-order valence-electron chi connectivity index (χ2n) is 28.4. The Labute approximate surface area is 798 Å². The molecule has 11 aromatic rings. The van der Waals surface area contributed by atoms with Gasteiger partial charge in [0.1, 0.15) is 42.8 Å². The van der Waals surface area contributed by atoms with E-state index in [0.717, 1.165) is 147 Å². The molecule has 0 aliphatic carbocycles. The van der Waals surface area contributed by atoms with E-state index in [9.17, 15) is 33.6 Å². The average molecular weight is 1970 g/mol. The molecule has 9 aromatic carbocycles. The number of amidine groups is 1. The summed E-state index contributed by atoms with van der Waals surface area (Å²) >= 11 is 12.5. The lowest BCUT2D eigenvalue weighted by Gasteiger charge is -2.09. The quantitative estimate of drug-likeness (QED) is 0.00732. The van der Waals surface area contributed by atoms with Crippen LogP contribution < -0.4 is 90.6 Å². The van der Waals surface area contributed by atoms with Crippen molar-refractivity contribution in [2.24, 2.45) is 16.5 Å². The second kappa shape index (κ2) is 62.3. The Morgan fingerprint density at radius 3 is 1.14 bits per heavy atom. The molecule has 0 aliphatic rings. The Morgan fingerprint density at radius 1 is 0.417 bits per heavy atom. The minimum atomic E-state index is -0.996. The average Bonchev–Trinajstić information content (AvgIpc) is 0.836. The fourth-order valence-electron chi connectivity index (χ4n) is 11.4. The lowest BCUT2D eigenvalue weighted by molar-refractivity contribution is -0.139. The van der Waals surface area contributed by atoms with Crippen LogP contribution in [0.25, 0.3) is 0 Å². The van der Waals surface area contributed by atoms with Gasteiger partial charge < -0.3 is 99.8 Å². The molecule has 37 heteroatoms. The molecule has 33 nitrogen and oxygen atoms in total. The molecule has 0 unspecified atom stereocenters. The number of ether oxygens (including phenoxy) is 6. The van der Waals surface area contributed by atoms with Crippen molar-refractivity contribution in [2.45, 2.75) is 90.3 Å². The summed E-state index contributed by atoms with van der Waals surface area (Å²) in [6.07, 6.45) is 12.0. The first kappa shape index (κ1) is 107. The highest BCUT2D eigenvalue weighted by molar-refractivity contribution is 14.0. The van der Waals surface area contributed by atoms with E-state index >= 15 is 0 Å². The van der Waals surface area contributed by atoms with Gasteiger partial charge in [-0.1, -0.05) is 199 Å². The van der Waals surface area contributed by atoms with E-state index < -0.39 is 30.0 Å². The molecule has 0 radical (unpaired) electrons. The number of nitrogens with two attached hydrogens (primary N) is 6. The number of nitrogens with one attached hydrogen (secondary N) is 8. The number of rotatable bonds is 41. The van der Waals surface area contributed by atoms with E-state index in [1.54, 1.807) is 18.4 Å². The molecule has 0 fully saturated rings. The monoisotopic (exact) mass is 1970 g/mol. The van der Waals surface area contributed by atoms with E-state index in [1.807, 2.05) is 212 Å². The molecule has 0 saturated heterocycles. The van der Waals surface area contributed by atoms with Crippen molar-refractivity contribution < 1.29 is 67.1 Å². The normalized spacial score (nSPS) is 10.3. The Morgan fingerprint density at radius 2 is 0.765 bits per heavy atom. The number of aryl methyl sites for hydroxylation is 4. The molecule has 11 rings (SSSR count). The number of para-hydroxylation sites is 3. The molecule has 2 heterocycles. The topological polar surface area (TPSA) is 523 Å². The zero-order valence-corrected chi connectivity index (χ0v) is 77.6. The van der Waals surface area contributed by atoms with E-state index in [2.05, 4.69) is 86.4 Å². The summed E-state index contributed by atoms with van der Waals surface area (Å²) in [5.41, 5.74) is 42.2. The number of hydrogen-bond acceptors (Lipinski definition) is 26. The maximum atomic E-state index is 12.2. The van der Waals surface area contributed by atoms with Gasteiger partial charge in [0.2, 0.25) is 0 Å². The SMILES string of the molecule is CSC(=N)NC(=O)c1nc(Cl)c(N)nc1N.I.NC(=NCCCCc1ccc(OCC(=O)Nc2ccccc2)cc1)NC(=O)c1nc(Cl)c(N)nc1N.NCCCCc1ccc(OCCNc2ccccc2)cc1.O=C(COc1ccc(CCCCNC(=O)OCc2ccccc2)cc1)Nc1ccccc1.O=C(O)COc1ccc(CCCCNC(=O)OCc2ccccc2)cc1. The standard InChI is InChI=1S/C26H28N2O4.C24H27ClN8O3.C20H23NO5.C18H24N2O.C7H9ClN6OS.HI/c29-25(28-23-12-5-2-6-13-23)20-31-24-16-14-21(15-17-24)9-7-8-18-27-26(30)32-19-22-10-3-1-4-11-22;25-20-22(27)32-21(26)19(31-20)23(35)33-24(28)29-13-5-4-6-15-9-11-17(12-10-15)36-14-18(34)30-16-7-2-1-3-8-16;22-19(23)15-25-18-11-9-16(10-12-18)6-4-5-13-21-20(24)26-14-17-7-2-1-3-8-17;19-13-5-4-6-16-9-11-18(12-10-16)21-15-14-20-17-7-2-1-3-8-17;1-16-7(11)14-6(15)2-4(9)13-5(10)3(8)12-2;/h1-6,10-17H,7-9,18-20H2,(H,27,30)(H,28,29);1-3,7-12H,4-6,13-14H2,(H,30,34)(H4,26,27,32)(H3,28,29,33,35);1-3,7-12H,4-6,13-15H2,(H,21,24)(H,22,23);1-3,7-12,20H,4-6,13-15,19H2;1H3,(H4,9,10,13)(H2,11,14,15);1H. The van der Waals surface area contributed by atoms with Crippen LogP contribution >= 0.6 is 58.9 Å². The van der Waals surface area contributed by atoms with Crippen molar-refractivity contribution in [1.82, 2.24) is 41.2 Å². The molecular formula is C95H112Cl2IN19O14S. The molecule has 0 aliphatic heterocycles. The summed E-state index contributed by atoms with van der Waals surface area (Å²) in [6, 6.07) is 78.7. The number of nitrogens with zero attached hydrogens (tertiary/aromatic N) is 5. The number of anilines is 7. The number of aliphatic imine (C=N–C) groups is 1. The second-order valence-corrected chi connectivity index (χ2v) is 29.9. The number of alkyl carbamates (subject to hydrolysis) is 2. The number of guanidine groups is 1. The molecule has 6 amide bonds. The first-order chi connectivity index (χ1) is 63.5. The number of hydrogen-bond donors (Lipinski definition) is 15. The van der Waals surface area contributed by atoms with E-state index in [-0.39, 0.29) is 125 Å². The lowest BCUT2D eigenvalue weighted by Crippen LogP contribution is -2.38. The van der Waals surface area contributed by atoms with Crippen LogP contribution in [0.2, 0.25) is 10.3 Å². The van der Waals surface area contributed by atoms with Gasteiger partial charge in [-0.05, 0) is 208 Å². The highest BCUT2D eigenvalue weighted by Crippen LogP contribution is 2.23. The van der Waals surface area contributed by atoms with Gasteiger partial charge in [0.05, 0.1) is 0 Å². The van der Waals surface area contributed by atoms with E-state index in [1.165, 1.54) is 11.1 Å². The minimum Gasteiger partial charge on any atom is -0.492 e. The van der Waals surface area contributed by atoms with Crippen LogP contribution in [0, 0.1) is 5.41 Å². The fraction of sp³-hybridized carbons (Fsp3) is 0.253. The number of benzene rings is 9. The number of carboxylic acids is 1. The van der Waals surface area contributed by atoms with Gasteiger partial charge in [0.25, 0.3) is 23.6 Å². The Balaban J connectivity index is 0.000000260. The molecular weight excluding hydrogens is 1860 g/mol. The predicted molar refractivity (Wildman–Crippen MR) is 530 cm³/mol. The van der Waals surface area contributed by atoms with Crippen LogP contribution in [0.3, 0.4) is 0 Å². The number of aromatic nitrogens is 4. The van der Waals surface area contributed by atoms with Gasteiger partial charge in [0.15, 0.2) is 75.9 Å². The molecule has 2 aromatic heterocycles. The fourth-order valence-corrected chi connectivity index (χ4v) is 11.9. The molecule has 0 spiro atoms. The molecule has 132 heavy (non-hydrogen) atoms. The van der Waals surface area contributed by atoms with E-state index in [0.29, 0.717) is 43.5 Å². The summed E-state index contributed by atoms with van der Waals surface area (Å²) < 4.78 is 32.2. The lowest BCUT2D eigenvalue weighted by atomic mass is 10.1. The van der Waals surface area contributed by atoms with Crippen LogP contribution in [0.4, 0.5) is 49.9 Å². The highest BCUT2D eigenvalue weighted by Gasteiger charge is 2.19. The third-order valence-corrected chi connectivity index (χ3v) is 19.2. The van der Waals surface area contributed by atoms with Crippen molar-refractivity contribution in [2.75, 3.05) is 104 Å². The Hall–Kier alpha value is -14.0. The molecule has 698 valence electrons. The van der Waals surface area contributed by atoms with Gasteiger partial charge in [-0.25, -0.2) is 34.3 Å². The van der Waals surface area contributed by atoms with Gasteiger partial charge in [0, 0.05) is 43.2 Å². The number of amides is 6. The van der Waals surface area contributed by atoms with Crippen LogP contribution in [-0.2, 0) is 62.8 Å². The molecule has 0 saturated carbocycles. The summed E-state index contributed by atoms with van der Waals surface area (Å²) in [5, 5.41) is 34.6. The van der Waals surface area contributed by atoms with Crippen LogP contribution in [0.1, 0.15) is 106 Å². The third kappa shape index (κ3) is 44.8. The first-order valence-electron chi connectivity index (χ1n) is 41.9. The number of unbranched alkanes of at least 4 members (excludes halogenated alkanes) is 4. The summed E-state index contributed by atoms with van der Waals surface area (Å²) in [4.78, 5) is 100. The van der Waals surface area contributed by atoms with Crippen LogP contribution in [0.5, 0.6) is 23.0 Å². The Kier molecular flexibility index (Phi) is 50.4. The van der Waals surface area contributed by atoms with Crippen LogP contribution in [0.15, 0.2) is 254 Å². The Bertz CT molecular complexity index is 5320. The highest BCUT2D eigenvalue weighted by atomic mass is 127. The number of aliphatic carboxylic acids is 1. The number of carbonyl (C=O) groups is 7. The largest absolute Gasteiger partial charge is 0.492 e. The molecule has 0 atom stereocenters. The van der Waals surface area contributed by atoms with Crippen molar-refractivity contribution in [1.29, 1.82) is 5.41 Å². The van der Waals surface area contributed by atoms with Crippen molar-refractivity contribution >= 4 is 152 Å². The maximum absolute atomic E-state index is 12.2. The van der Waals surface area contributed by atoms with Gasteiger partial charge in [-0.2, -0.15) is 0 Å².